The van der Waals surface area contributed by atoms with E-state index in [2.05, 4.69) is 25.2 Å². The third kappa shape index (κ3) is 4.25. The van der Waals surface area contributed by atoms with Crippen LogP contribution >= 0.6 is 0 Å². The summed E-state index contributed by atoms with van der Waals surface area (Å²) in [5.41, 5.74) is 1.56. The van der Waals surface area contributed by atoms with Crippen molar-refractivity contribution in [2.45, 2.75) is 26.7 Å². The molecule has 0 fully saturated rings. The Balaban J connectivity index is 2.16. The topological polar surface area (TPSA) is 21.3 Å². The molecule has 2 unspecified atom stereocenters. The van der Waals surface area contributed by atoms with Crippen LogP contribution in [0.25, 0.3) is 0 Å². The number of ether oxygens (including phenoxy) is 1. The molecule has 0 saturated carbocycles. The van der Waals surface area contributed by atoms with Gasteiger partial charge in [-0.15, -0.1) is 0 Å². The van der Waals surface area contributed by atoms with Crippen LogP contribution in [0.5, 0.6) is 0 Å². The molecule has 0 aromatic carbocycles. The maximum Gasteiger partial charge on any atom is 0.0587 e. The predicted octanol–water partition coefficient (Wildman–Crippen LogP) is 2.21. The molecule has 0 bridgehead atoms. The molecule has 82 valence electrons. The van der Waals surface area contributed by atoms with Crippen molar-refractivity contribution in [3.8, 4) is 0 Å². The Morgan fingerprint density at radius 2 is 2.36 bits per heavy atom. The summed E-state index contributed by atoms with van der Waals surface area (Å²) in [5, 5.41) is 3.44. The summed E-state index contributed by atoms with van der Waals surface area (Å²) in [7, 11) is 1.75. The molecular weight excluding hydrogens is 174 g/mol. The first-order valence-corrected chi connectivity index (χ1v) is 5.59. The Hall–Kier alpha value is -0.340. The van der Waals surface area contributed by atoms with E-state index in [1.807, 2.05) is 0 Å². The second-order valence-electron chi connectivity index (χ2n) is 4.49. The highest BCUT2D eigenvalue weighted by atomic mass is 16.5. The number of allylic oxidation sites excluding steroid dienone is 2. The van der Waals surface area contributed by atoms with Crippen LogP contribution in [0.2, 0.25) is 0 Å². The first-order chi connectivity index (χ1) is 6.72. The molecule has 0 saturated heterocycles. The van der Waals surface area contributed by atoms with Gasteiger partial charge in [-0.2, -0.15) is 0 Å². The highest BCUT2D eigenvalue weighted by molar-refractivity contribution is 5.06. The van der Waals surface area contributed by atoms with Crippen LogP contribution in [0.1, 0.15) is 26.7 Å². The van der Waals surface area contributed by atoms with Crippen molar-refractivity contribution in [3.63, 3.8) is 0 Å². The zero-order chi connectivity index (χ0) is 10.4. The van der Waals surface area contributed by atoms with Gasteiger partial charge in [-0.1, -0.05) is 18.6 Å². The van der Waals surface area contributed by atoms with Gasteiger partial charge in [0, 0.05) is 13.7 Å². The Bertz CT molecular complexity index is 189. The molecule has 1 N–H and O–H groups in total. The van der Waals surface area contributed by atoms with Crippen molar-refractivity contribution >= 4 is 0 Å². The van der Waals surface area contributed by atoms with Crippen LogP contribution in [0, 0.1) is 11.8 Å². The fourth-order valence-electron chi connectivity index (χ4n) is 2.32. The number of rotatable bonds is 5. The fraction of sp³-hybridized carbons (Fsp3) is 0.833. The largest absolute Gasteiger partial charge is 0.383 e. The summed E-state index contributed by atoms with van der Waals surface area (Å²) in [4.78, 5) is 0. The Labute approximate surface area is 87.7 Å². The Kier molecular flexibility index (Phi) is 5.20. The Morgan fingerprint density at radius 3 is 3.00 bits per heavy atom. The van der Waals surface area contributed by atoms with Crippen molar-refractivity contribution in [2.75, 3.05) is 26.8 Å². The average molecular weight is 197 g/mol. The number of hydrogen-bond acceptors (Lipinski definition) is 2. The van der Waals surface area contributed by atoms with Gasteiger partial charge in [-0.05, 0) is 38.1 Å². The van der Waals surface area contributed by atoms with Crippen molar-refractivity contribution in [2.24, 2.45) is 11.8 Å². The zero-order valence-electron chi connectivity index (χ0n) is 9.68. The highest BCUT2D eigenvalue weighted by Gasteiger charge is 2.17. The molecule has 0 radical (unpaired) electrons. The van der Waals surface area contributed by atoms with Crippen LogP contribution in [0.4, 0.5) is 0 Å². The van der Waals surface area contributed by atoms with E-state index in [-0.39, 0.29) is 0 Å². The molecule has 1 aliphatic carbocycles. The van der Waals surface area contributed by atoms with Gasteiger partial charge >= 0.3 is 0 Å². The van der Waals surface area contributed by atoms with Crippen LogP contribution < -0.4 is 5.32 Å². The molecule has 1 aliphatic rings. The summed E-state index contributed by atoms with van der Waals surface area (Å²) in [6, 6.07) is 0. The Morgan fingerprint density at radius 1 is 1.57 bits per heavy atom. The summed E-state index contributed by atoms with van der Waals surface area (Å²) in [5.74, 6) is 1.59. The second-order valence-corrected chi connectivity index (χ2v) is 4.49. The molecule has 0 heterocycles. The van der Waals surface area contributed by atoms with Gasteiger partial charge in [-0.3, -0.25) is 0 Å². The van der Waals surface area contributed by atoms with E-state index in [1.165, 1.54) is 12.8 Å². The molecule has 0 aromatic rings. The lowest BCUT2D eigenvalue weighted by Crippen LogP contribution is -2.28. The zero-order valence-corrected chi connectivity index (χ0v) is 9.68. The van der Waals surface area contributed by atoms with Crippen LogP contribution in [0.15, 0.2) is 11.6 Å². The third-order valence-electron chi connectivity index (χ3n) is 2.80. The van der Waals surface area contributed by atoms with Crippen molar-refractivity contribution < 1.29 is 4.74 Å². The fourth-order valence-corrected chi connectivity index (χ4v) is 2.32. The maximum atomic E-state index is 5.00. The van der Waals surface area contributed by atoms with E-state index in [4.69, 9.17) is 4.74 Å². The molecule has 0 aliphatic heterocycles. The standard InChI is InChI=1S/C12H23NO/c1-10-6-11(2)8-12(7-10)9-13-4-5-14-3/h6,10,12-13H,4-5,7-9H2,1-3H3. The lowest BCUT2D eigenvalue weighted by molar-refractivity contribution is 0.197. The van der Waals surface area contributed by atoms with Gasteiger partial charge < -0.3 is 10.1 Å². The molecule has 0 amide bonds. The van der Waals surface area contributed by atoms with Gasteiger partial charge in [-0.25, -0.2) is 0 Å². The quantitative estimate of drug-likeness (QED) is 0.539. The molecule has 1 rings (SSSR count). The highest BCUT2D eigenvalue weighted by Crippen LogP contribution is 2.26. The molecule has 0 aromatic heterocycles. The number of methoxy groups -OCH3 is 1. The second kappa shape index (κ2) is 6.20. The minimum Gasteiger partial charge on any atom is -0.383 e. The summed E-state index contributed by atoms with van der Waals surface area (Å²) in [6.45, 7) is 7.49. The normalized spacial score (nSPS) is 27.5. The van der Waals surface area contributed by atoms with E-state index in [9.17, 15) is 0 Å². The predicted molar refractivity (Wildman–Crippen MR) is 60.4 cm³/mol. The van der Waals surface area contributed by atoms with E-state index in [0.29, 0.717) is 0 Å². The lowest BCUT2D eigenvalue weighted by atomic mass is 9.84. The van der Waals surface area contributed by atoms with E-state index < -0.39 is 0 Å². The van der Waals surface area contributed by atoms with Crippen LogP contribution in [-0.2, 0) is 4.74 Å². The summed E-state index contributed by atoms with van der Waals surface area (Å²) >= 11 is 0. The number of nitrogens with one attached hydrogen (secondary N) is 1. The lowest BCUT2D eigenvalue weighted by Gasteiger charge is -2.25. The third-order valence-corrected chi connectivity index (χ3v) is 2.80. The molecule has 2 atom stereocenters. The SMILES string of the molecule is COCCNCC1CC(C)=CC(C)C1. The van der Waals surface area contributed by atoms with Gasteiger partial charge in [0.05, 0.1) is 6.61 Å². The average Bonchev–Trinajstić information content (AvgIpc) is 2.11. The van der Waals surface area contributed by atoms with E-state index in [1.54, 1.807) is 12.7 Å². The first kappa shape index (κ1) is 11.7. The summed E-state index contributed by atoms with van der Waals surface area (Å²) < 4.78 is 5.00. The number of hydrogen-bond donors (Lipinski definition) is 1. The summed E-state index contributed by atoms with van der Waals surface area (Å²) in [6.07, 6.45) is 5.01. The maximum absolute atomic E-state index is 5.00. The van der Waals surface area contributed by atoms with E-state index in [0.717, 1.165) is 31.5 Å². The van der Waals surface area contributed by atoms with Crippen LogP contribution in [0.3, 0.4) is 0 Å². The molecule has 2 nitrogen and oxygen atoms in total. The van der Waals surface area contributed by atoms with E-state index >= 15 is 0 Å². The molecule has 0 spiro atoms. The van der Waals surface area contributed by atoms with Gasteiger partial charge in [0.2, 0.25) is 0 Å². The minimum absolute atomic E-state index is 0.762. The van der Waals surface area contributed by atoms with Crippen molar-refractivity contribution in [1.29, 1.82) is 0 Å². The monoisotopic (exact) mass is 197 g/mol. The van der Waals surface area contributed by atoms with Gasteiger partial charge in [0.15, 0.2) is 0 Å². The van der Waals surface area contributed by atoms with Gasteiger partial charge in [0.1, 0.15) is 0 Å². The van der Waals surface area contributed by atoms with Crippen molar-refractivity contribution in [3.05, 3.63) is 11.6 Å². The smallest absolute Gasteiger partial charge is 0.0587 e. The van der Waals surface area contributed by atoms with Crippen molar-refractivity contribution in [1.82, 2.24) is 5.32 Å². The van der Waals surface area contributed by atoms with Crippen LogP contribution in [-0.4, -0.2) is 26.8 Å². The van der Waals surface area contributed by atoms with Gasteiger partial charge in [0.25, 0.3) is 0 Å². The minimum atomic E-state index is 0.762. The first-order valence-electron chi connectivity index (χ1n) is 5.59. The molecule has 2 heteroatoms. The molecule has 14 heavy (non-hydrogen) atoms. The molecular formula is C12H23NO.